The number of fused-ring (bicyclic) bond motifs is 1. The lowest BCUT2D eigenvalue weighted by molar-refractivity contribution is -0.118. The highest BCUT2D eigenvalue weighted by Crippen LogP contribution is 2.35. The Bertz CT molecular complexity index is 862. The van der Waals surface area contributed by atoms with Crippen LogP contribution in [-0.4, -0.2) is 34.3 Å². The molecule has 0 unspecified atom stereocenters. The van der Waals surface area contributed by atoms with Crippen molar-refractivity contribution in [3.05, 3.63) is 40.2 Å². The van der Waals surface area contributed by atoms with Crippen LogP contribution in [0.25, 0.3) is 0 Å². The van der Waals surface area contributed by atoms with Crippen LogP contribution < -0.4 is 14.8 Å². The Morgan fingerprint density at radius 1 is 1.29 bits per heavy atom. The first-order chi connectivity index (χ1) is 13.4. The lowest BCUT2D eigenvalue weighted by Gasteiger charge is -2.13. The third-order valence-electron chi connectivity index (χ3n) is 4.80. The second kappa shape index (κ2) is 8.82. The quantitative estimate of drug-likeness (QED) is 0.565. The van der Waals surface area contributed by atoms with Crippen LogP contribution in [0.15, 0.2) is 17.3 Å². The van der Waals surface area contributed by atoms with Crippen molar-refractivity contribution < 1.29 is 14.3 Å². The van der Waals surface area contributed by atoms with Gasteiger partial charge in [-0.1, -0.05) is 11.8 Å². The van der Waals surface area contributed by atoms with Gasteiger partial charge in [0, 0.05) is 35.5 Å². The third kappa shape index (κ3) is 4.76. The Labute approximate surface area is 170 Å². The Morgan fingerprint density at radius 2 is 2.00 bits per heavy atom. The fraction of sp³-hybridized carbons (Fsp3) is 0.476. The monoisotopic (exact) mass is 401 g/mol. The van der Waals surface area contributed by atoms with Crippen LogP contribution in [0.2, 0.25) is 0 Å². The molecule has 1 atom stereocenters. The molecule has 1 aromatic heterocycles. The van der Waals surface area contributed by atoms with E-state index in [0.717, 1.165) is 46.0 Å². The molecule has 2 heterocycles. The van der Waals surface area contributed by atoms with E-state index in [-0.39, 0.29) is 17.8 Å². The molecule has 0 saturated heterocycles. The average molecular weight is 402 g/mol. The number of rotatable bonds is 7. The molecule has 28 heavy (non-hydrogen) atoms. The van der Waals surface area contributed by atoms with Crippen molar-refractivity contribution in [3.63, 3.8) is 0 Å². The number of carbonyl (C=O) groups is 1. The van der Waals surface area contributed by atoms with E-state index in [1.54, 1.807) is 0 Å². The fourth-order valence-electron chi connectivity index (χ4n) is 3.09. The summed E-state index contributed by atoms with van der Waals surface area (Å²) in [4.78, 5) is 21.2. The number of hydrogen-bond acceptors (Lipinski definition) is 6. The zero-order valence-corrected chi connectivity index (χ0v) is 17.9. The Morgan fingerprint density at radius 3 is 2.68 bits per heavy atom. The highest BCUT2D eigenvalue weighted by Gasteiger charge is 2.22. The fourth-order valence-corrected chi connectivity index (χ4v) is 3.86. The van der Waals surface area contributed by atoms with E-state index in [1.807, 2.05) is 39.8 Å². The van der Waals surface area contributed by atoms with Crippen molar-refractivity contribution >= 4 is 17.7 Å². The number of benzene rings is 1. The van der Waals surface area contributed by atoms with Crippen molar-refractivity contribution in [1.82, 2.24) is 15.3 Å². The number of nitrogens with one attached hydrogen (secondary N) is 1. The summed E-state index contributed by atoms with van der Waals surface area (Å²) in [6.07, 6.45) is 1.06. The number of thioether (sulfide) groups is 1. The van der Waals surface area contributed by atoms with Crippen LogP contribution in [0.4, 0.5) is 0 Å². The van der Waals surface area contributed by atoms with E-state index in [1.165, 1.54) is 11.8 Å². The molecule has 0 aliphatic carbocycles. The zero-order valence-electron chi connectivity index (χ0n) is 17.1. The van der Waals surface area contributed by atoms with Gasteiger partial charge in [0.2, 0.25) is 5.91 Å². The maximum absolute atomic E-state index is 12.3. The van der Waals surface area contributed by atoms with Crippen LogP contribution >= 0.6 is 11.8 Å². The smallest absolute Gasteiger partial charge is 0.230 e. The van der Waals surface area contributed by atoms with Crippen LogP contribution in [0, 0.1) is 20.8 Å². The summed E-state index contributed by atoms with van der Waals surface area (Å²) in [6, 6.07) is 4.01. The first kappa shape index (κ1) is 20.5. The summed E-state index contributed by atoms with van der Waals surface area (Å²) in [5.41, 5.74) is 5.06. The van der Waals surface area contributed by atoms with Gasteiger partial charge in [-0.25, -0.2) is 9.97 Å². The maximum atomic E-state index is 12.3. The largest absolute Gasteiger partial charge is 0.494 e. The van der Waals surface area contributed by atoms with E-state index < -0.39 is 0 Å². The second-order valence-corrected chi connectivity index (χ2v) is 7.94. The molecule has 0 radical (unpaired) electrons. The zero-order chi connectivity index (χ0) is 20.3. The van der Waals surface area contributed by atoms with E-state index in [2.05, 4.69) is 22.2 Å². The van der Waals surface area contributed by atoms with Gasteiger partial charge >= 0.3 is 0 Å². The number of nitrogens with zero attached hydrogens (tertiary/aromatic N) is 2. The Hall–Kier alpha value is -2.28. The molecule has 1 amide bonds. The summed E-state index contributed by atoms with van der Waals surface area (Å²) in [5, 5.41) is 3.59. The van der Waals surface area contributed by atoms with Gasteiger partial charge in [-0.2, -0.15) is 0 Å². The highest BCUT2D eigenvalue weighted by molar-refractivity contribution is 7.99. The minimum absolute atomic E-state index is 0.0679. The molecule has 0 spiro atoms. The topological polar surface area (TPSA) is 73.3 Å². The number of ether oxygens (including phenoxy) is 2. The molecule has 1 aliphatic heterocycles. The van der Waals surface area contributed by atoms with Gasteiger partial charge < -0.3 is 14.8 Å². The van der Waals surface area contributed by atoms with Gasteiger partial charge in [-0.15, -0.1) is 0 Å². The molecule has 3 rings (SSSR count). The number of aromatic nitrogens is 2. The van der Waals surface area contributed by atoms with Crippen LogP contribution in [0.3, 0.4) is 0 Å². The van der Waals surface area contributed by atoms with E-state index in [0.29, 0.717) is 18.3 Å². The van der Waals surface area contributed by atoms with Gasteiger partial charge in [-0.05, 0) is 52.3 Å². The minimum Gasteiger partial charge on any atom is -0.494 e. The Balaban J connectivity index is 1.61. The van der Waals surface area contributed by atoms with Crippen molar-refractivity contribution in [2.24, 2.45) is 0 Å². The summed E-state index contributed by atoms with van der Waals surface area (Å²) in [5.74, 6) is 1.89. The lowest BCUT2D eigenvalue weighted by Crippen LogP contribution is -2.25. The molecule has 1 N–H and O–H groups in total. The lowest BCUT2D eigenvalue weighted by atomic mass is 10.1. The van der Waals surface area contributed by atoms with Crippen molar-refractivity contribution in [2.75, 3.05) is 12.4 Å². The third-order valence-corrected chi connectivity index (χ3v) is 5.65. The summed E-state index contributed by atoms with van der Waals surface area (Å²) in [7, 11) is 0. The van der Waals surface area contributed by atoms with Gasteiger partial charge in [-0.3, -0.25) is 4.79 Å². The molecule has 0 fully saturated rings. The molecule has 7 heteroatoms. The average Bonchev–Trinajstić information content (AvgIpc) is 3.01. The maximum Gasteiger partial charge on any atom is 0.230 e. The molecular weight excluding hydrogens is 374 g/mol. The molecule has 1 aromatic carbocycles. The van der Waals surface area contributed by atoms with Crippen molar-refractivity contribution in [1.29, 1.82) is 0 Å². The summed E-state index contributed by atoms with van der Waals surface area (Å²) in [6.45, 7) is 10.9. The van der Waals surface area contributed by atoms with Crippen LogP contribution in [0.1, 0.15) is 41.9 Å². The van der Waals surface area contributed by atoms with Gasteiger partial charge in [0.05, 0.1) is 12.4 Å². The first-order valence-electron chi connectivity index (χ1n) is 9.54. The standard InChI is InChI=1S/C21H27N3O3S/c1-6-26-18-8-16-7-12(2)27-19(16)9-17(18)10-22-20(25)11-28-21-23-14(4)13(3)15(5)24-21/h8-9,12H,6-7,10-11H2,1-5H3,(H,22,25)/t12-/m0/s1. The number of carbonyl (C=O) groups excluding carboxylic acids is 1. The molecule has 150 valence electrons. The van der Waals surface area contributed by atoms with Crippen LogP contribution in [0.5, 0.6) is 11.5 Å². The molecule has 0 saturated carbocycles. The second-order valence-electron chi connectivity index (χ2n) is 7.00. The predicted molar refractivity (Wildman–Crippen MR) is 110 cm³/mol. The van der Waals surface area contributed by atoms with Gasteiger partial charge in [0.1, 0.15) is 17.6 Å². The normalized spacial score (nSPS) is 15.1. The highest BCUT2D eigenvalue weighted by atomic mass is 32.2. The first-order valence-corrected chi connectivity index (χ1v) is 10.5. The minimum atomic E-state index is -0.0679. The van der Waals surface area contributed by atoms with Crippen molar-refractivity contribution in [2.45, 2.75) is 58.8 Å². The van der Waals surface area contributed by atoms with Crippen LogP contribution in [-0.2, 0) is 17.8 Å². The predicted octanol–water partition coefficient (Wildman–Crippen LogP) is 3.53. The number of hydrogen-bond donors (Lipinski definition) is 1. The Kier molecular flexibility index (Phi) is 6.44. The summed E-state index contributed by atoms with van der Waals surface area (Å²) < 4.78 is 11.6. The molecule has 2 aromatic rings. The van der Waals surface area contributed by atoms with Crippen molar-refractivity contribution in [3.8, 4) is 11.5 Å². The van der Waals surface area contributed by atoms with E-state index in [9.17, 15) is 4.79 Å². The van der Waals surface area contributed by atoms with E-state index >= 15 is 0 Å². The molecule has 0 bridgehead atoms. The SMILES string of the molecule is CCOc1cc2c(cc1CNC(=O)CSc1nc(C)c(C)c(C)n1)O[C@@H](C)C2. The molecule has 1 aliphatic rings. The molecule has 6 nitrogen and oxygen atoms in total. The van der Waals surface area contributed by atoms with Gasteiger partial charge in [0.25, 0.3) is 0 Å². The molecular formula is C21H27N3O3S. The van der Waals surface area contributed by atoms with Gasteiger partial charge in [0.15, 0.2) is 5.16 Å². The number of aryl methyl sites for hydroxylation is 2. The number of amides is 1. The van der Waals surface area contributed by atoms with E-state index in [4.69, 9.17) is 9.47 Å². The summed E-state index contributed by atoms with van der Waals surface area (Å²) >= 11 is 1.35.